The van der Waals surface area contributed by atoms with Crippen LogP contribution in [0.25, 0.3) is 0 Å². The van der Waals surface area contributed by atoms with Gasteiger partial charge in [-0.25, -0.2) is 0 Å². The monoisotopic (exact) mass is 305 g/mol. The lowest BCUT2D eigenvalue weighted by atomic mass is 10.0. The maximum atomic E-state index is 6.17. The Morgan fingerprint density at radius 2 is 1.76 bits per heavy atom. The molecule has 0 aliphatic carbocycles. The topological polar surface area (TPSA) is 30.5 Å². The Bertz CT molecular complexity index is 601. The minimum absolute atomic E-state index is 0.158. The Balaban J connectivity index is 2.25. The molecule has 0 aromatic heterocycles. The molecular formula is C17H20ClNO2. The summed E-state index contributed by atoms with van der Waals surface area (Å²) in [6, 6.07) is 13.9. The van der Waals surface area contributed by atoms with Crippen LogP contribution in [-0.4, -0.2) is 14.2 Å². The zero-order chi connectivity index (χ0) is 15.2. The molecule has 0 amide bonds. The molecule has 0 saturated heterocycles. The second-order valence-corrected chi connectivity index (χ2v) is 5.10. The Morgan fingerprint density at radius 1 is 1.05 bits per heavy atom. The van der Waals surface area contributed by atoms with E-state index in [-0.39, 0.29) is 6.04 Å². The molecule has 0 heterocycles. The van der Waals surface area contributed by atoms with Gasteiger partial charge in [0.25, 0.3) is 0 Å². The molecule has 1 atom stereocenters. The standard InChI is InChI=1S/C17H20ClNO2/c1-4-15(13-7-5-6-8-16(13)20-2)19-12-9-10-17(21-3)14(18)11-12/h5-11,15,19H,4H2,1-3H3. The van der Waals surface area contributed by atoms with Crippen LogP contribution in [0.4, 0.5) is 5.69 Å². The van der Waals surface area contributed by atoms with Crippen molar-refractivity contribution >= 4 is 17.3 Å². The first-order valence-corrected chi connectivity index (χ1v) is 7.30. The molecule has 2 aromatic rings. The van der Waals surface area contributed by atoms with Gasteiger partial charge in [-0.1, -0.05) is 36.7 Å². The third-order valence-corrected chi connectivity index (χ3v) is 3.71. The third-order valence-electron chi connectivity index (χ3n) is 3.42. The molecule has 0 fully saturated rings. The van der Waals surface area contributed by atoms with Crippen LogP contribution in [0.3, 0.4) is 0 Å². The zero-order valence-electron chi connectivity index (χ0n) is 12.5. The Kier molecular flexibility index (Phi) is 5.34. The number of hydrogen-bond acceptors (Lipinski definition) is 3. The number of para-hydroxylation sites is 1. The summed E-state index contributed by atoms with van der Waals surface area (Å²) < 4.78 is 10.6. The van der Waals surface area contributed by atoms with Gasteiger partial charge in [0.1, 0.15) is 11.5 Å². The van der Waals surface area contributed by atoms with Crippen molar-refractivity contribution in [2.45, 2.75) is 19.4 Å². The molecule has 2 aromatic carbocycles. The fourth-order valence-corrected chi connectivity index (χ4v) is 2.57. The van der Waals surface area contributed by atoms with E-state index in [2.05, 4.69) is 18.3 Å². The predicted octanol–water partition coefficient (Wildman–Crippen LogP) is 4.92. The molecule has 0 bridgehead atoms. The van der Waals surface area contributed by atoms with Crippen molar-refractivity contribution in [2.24, 2.45) is 0 Å². The number of anilines is 1. The van der Waals surface area contributed by atoms with E-state index in [0.717, 1.165) is 23.4 Å². The van der Waals surface area contributed by atoms with E-state index in [9.17, 15) is 0 Å². The molecule has 0 spiro atoms. The van der Waals surface area contributed by atoms with E-state index < -0.39 is 0 Å². The van der Waals surface area contributed by atoms with Gasteiger partial charge >= 0.3 is 0 Å². The fraction of sp³-hybridized carbons (Fsp3) is 0.294. The van der Waals surface area contributed by atoms with Crippen molar-refractivity contribution in [1.82, 2.24) is 0 Å². The third kappa shape index (κ3) is 3.61. The molecule has 3 nitrogen and oxygen atoms in total. The highest BCUT2D eigenvalue weighted by atomic mass is 35.5. The summed E-state index contributed by atoms with van der Waals surface area (Å²) >= 11 is 6.17. The molecule has 0 aliphatic rings. The predicted molar refractivity (Wildman–Crippen MR) is 87.7 cm³/mol. The number of ether oxygens (including phenoxy) is 2. The summed E-state index contributed by atoms with van der Waals surface area (Å²) in [6.07, 6.45) is 0.935. The first kappa shape index (κ1) is 15.5. The lowest BCUT2D eigenvalue weighted by molar-refractivity contribution is 0.406. The van der Waals surface area contributed by atoms with E-state index in [1.807, 2.05) is 36.4 Å². The van der Waals surface area contributed by atoms with Crippen molar-refractivity contribution in [3.05, 3.63) is 53.1 Å². The average molecular weight is 306 g/mol. The number of halogens is 1. The molecule has 1 N–H and O–H groups in total. The normalized spacial score (nSPS) is 11.8. The minimum atomic E-state index is 0.158. The zero-order valence-corrected chi connectivity index (χ0v) is 13.3. The van der Waals surface area contributed by atoms with E-state index in [1.165, 1.54) is 0 Å². The molecule has 0 aliphatic heterocycles. The van der Waals surface area contributed by atoms with Gasteiger partial charge in [-0.05, 0) is 30.7 Å². The van der Waals surface area contributed by atoms with Gasteiger partial charge in [-0.15, -0.1) is 0 Å². The summed E-state index contributed by atoms with van der Waals surface area (Å²) in [5, 5.41) is 4.09. The number of hydrogen-bond donors (Lipinski definition) is 1. The minimum Gasteiger partial charge on any atom is -0.496 e. The van der Waals surface area contributed by atoms with Gasteiger partial charge in [0, 0.05) is 11.3 Å². The van der Waals surface area contributed by atoms with Crippen molar-refractivity contribution in [2.75, 3.05) is 19.5 Å². The molecule has 112 valence electrons. The molecule has 0 radical (unpaired) electrons. The first-order valence-electron chi connectivity index (χ1n) is 6.92. The van der Waals surface area contributed by atoms with Gasteiger partial charge < -0.3 is 14.8 Å². The van der Waals surface area contributed by atoms with Crippen LogP contribution in [-0.2, 0) is 0 Å². The summed E-state index contributed by atoms with van der Waals surface area (Å²) in [6.45, 7) is 2.13. The maximum absolute atomic E-state index is 6.17. The second kappa shape index (κ2) is 7.23. The van der Waals surface area contributed by atoms with E-state index in [1.54, 1.807) is 14.2 Å². The highest BCUT2D eigenvalue weighted by molar-refractivity contribution is 6.32. The number of nitrogens with one attached hydrogen (secondary N) is 1. The van der Waals surface area contributed by atoms with Crippen LogP contribution < -0.4 is 14.8 Å². The summed E-state index contributed by atoms with van der Waals surface area (Å²) in [7, 11) is 3.30. The van der Waals surface area contributed by atoms with E-state index in [0.29, 0.717) is 10.8 Å². The quantitative estimate of drug-likeness (QED) is 0.821. The lowest BCUT2D eigenvalue weighted by Gasteiger charge is -2.21. The molecule has 21 heavy (non-hydrogen) atoms. The average Bonchev–Trinajstić information content (AvgIpc) is 2.52. The van der Waals surface area contributed by atoms with E-state index >= 15 is 0 Å². The van der Waals surface area contributed by atoms with Gasteiger partial charge in [0.2, 0.25) is 0 Å². The summed E-state index contributed by atoms with van der Waals surface area (Å²) in [4.78, 5) is 0. The highest BCUT2D eigenvalue weighted by Gasteiger charge is 2.14. The molecular weight excluding hydrogens is 286 g/mol. The van der Waals surface area contributed by atoms with Crippen molar-refractivity contribution in [3.8, 4) is 11.5 Å². The van der Waals surface area contributed by atoms with Crippen molar-refractivity contribution < 1.29 is 9.47 Å². The van der Waals surface area contributed by atoms with Crippen LogP contribution >= 0.6 is 11.6 Å². The highest BCUT2D eigenvalue weighted by Crippen LogP contribution is 2.32. The Morgan fingerprint density at radius 3 is 2.38 bits per heavy atom. The van der Waals surface area contributed by atoms with Gasteiger partial charge in [0.15, 0.2) is 0 Å². The van der Waals surface area contributed by atoms with Crippen LogP contribution in [0.5, 0.6) is 11.5 Å². The van der Waals surface area contributed by atoms with Crippen LogP contribution in [0.2, 0.25) is 5.02 Å². The van der Waals surface area contributed by atoms with Gasteiger partial charge in [-0.2, -0.15) is 0 Å². The maximum Gasteiger partial charge on any atom is 0.137 e. The van der Waals surface area contributed by atoms with Crippen molar-refractivity contribution in [1.29, 1.82) is 0 Å². The Hall–Kier alpha value is -1.87. The molecule has 4 heteroatoms. The van der Waals surface area contributed by atoms with Crippen LogP contribution in [0.1, 0.15) is 24.9 Å². The smallest absolute Gasteiger partial charge is 0.137 e. The fourth-order valence-electron chi connectivity index (χ4n) is 2.31. The summed E-state index contributed by atoms with van der Waals surface area (Å²) in [5.41, 5.74) is 2.09. The number of benzene rings is 2. The number of methoxy groups -OCH3 is 2. The van der Waals surface area contributed by atoms with Crippen molar-refractivity contribution in [3.63, 3.8) is 0 Å². The number of rotatable bonds is 6. The molecule has 1 unspecified atom stereocenters. The molecule has 0 saturated carbocycles. The van der Waals surface area contributed by atoms with Gasteiger partial charge in [-0.3, -0.25) is 0 Å². The SMILES string of the molecule is CCC(Nc1ccc(OC)c(Cl)c1)c1ccccc1OC. The molecule has 2 rings (SSSR count). The lowest BCUT2D eigenvalue weighted by Crippen LogP contribution is -2.11. The largest absolute Gasteiger partial charge is 0.496 e. The summed E-state index contributed by atoms with van der Waals surface area (Å²) in [5.74, 6) is 1.56. The second-order valence-electron chi connectivity index (χ2n) is 4.70. The first-order chi connectivity index (χ1) is 10.2. The van der Waals surface area contributed by atoms with Gasteiger partial charge in [0.05, 0.1) is 25.3 Å². The van der Waals surface area contributed by atoms with Crippen LogP contribution in [0, 0.1) is 0 Å². The van der Waals surface area contributed by atoms with Crippen LogP contribution in [0.15, 0.2) is 42.5 Å². The van der Waals surface area contributed by atoms with E-state index in [4.69, 9.17) is 21.1 Å². The Labute approximate surface area is 130 Å².